The number of hydrogen-bond donors (Lipinski definition) is 1. The van der Waals surface area contributed by atoms with E-state index in [1.807, 2.05) is 12.1 Å². The molecule has 0 aliphatic heterocycles. The van der Waals surface area contributed by atoms with Crippen molar-refractivity contribution in [3.8, 4) is 17.2 Å². The maximum Gasteiger partial charge on any atom is 0.240 e. The minimum Gasteiger partial charge on any atom is -0.495 e. The Morgan fingerprint density at radius 2 is 1.60 bits per heavy atom. The molecular weight excluding hydrogens is 366 g/mol. The Morgan fingerprint density at radius 1 is 0.920 bits per heavy atom. The van der Waals surface area contributed by atoms with Gasteiger partial charge >= 0.3 is 0 Å². The van der Waals surface area contributed by atoms with Gasteiger partial charge in [0.2, 0.25) is 10.0 Å². The van der Waals surface area contributed by atoms with Crippen molar-refractivity contribution >= 4 is 21.6 Å². The van der Waals surface area contributed by atoms with Crippen molar-refractivity contribution in [1.82, 2.24) is 4.72 Å². The van der Waals surface area contributed by atoms with E-state index in [0.717, 1.165) is 5.56 Å². The van der Waals surface area contributed by atoms with E-state index < -0.39 is 10.0 Å². The second-order valence-electron chi connectivity index (χ2n) is 5.13. The number of sulfonamides is 1. The highest BCUT2D eigenvalue weighted by molar-refractivity contribution is 7.89. The molecule has 0 bridgehead atoms. The highest BCUT2D eigenvalue weighted by atomic mass is 35.5. The van der Waals surface area contributed by atoms with Crippen molar-refractivity contribution in [2.75, 3.05) is 27.9 Å². The summed E-state index contributed by atoms with van der Waals surface area (Å²) >= 11 is 5.92. The third-order valence-corrected chi connectivity index (χ3v) is 5.36. The summed E-state index contributed by atoms with van der Waals surface area (Å²) in [5.41, 5.74) is 0.925. The maximum atomic E-state index is 12.4. The van der Waals surface area contributed by atoms with Crippen molar-refractivity contribution in [2.24, 2.45) is 0 Å². The fraction of sp³-hybridized carbons (Fsp3) is 0.294. The molecule has 0 spiro atoms. The van der Waals surface area contributed by atoms with Crippen LogP contribution in [0.3, 0.4) is 0 Å². The minimum atomic E-state index is -3.65. The van der Waals surface area contributed by atoms with E-state index in [-0.39, 0.29) is 11.4 Å². The molecular formula is C17H20ClNO5S. The van der Waals surface area contributed by atoms with Gasteiger partial charge in [0.05, 0.1) is 31.2 Å². The molecule has 136 valence electrons. The van der Waals surface area contributed by atoms with Crippen molar-refractivity contribution in [2.45, 2.75) is 11.3 Å². The Labute approximate surface area is 152 Å². The largest absolute Gasteiger partial charge is 0.495 e. The van der Waals surface area contributed by atoms with Gasteiger partial charge in [0.25, 0.3) is 0 Å². The zero-order chi connectivity index (χ0) is 18.4. The zero-order valence-corrected chi connectivity index (χ0v) is 15.8. The van der Waals surface area contributed by atoms with Gasteiger partial charge in [-0.25, -0.2) is 13.1 Å². The van der Waals surface area contributed by atoms with Crippen LogP contribution in [0, 0.1) is 0 Å². The molecule has 0 saturated heterocycles. The molecule has 0 unspecified atom stereocenters. The molecule has 8 heteroatoms. The van der Waals surface area contributed by atoms with Crippen LogP contribution < -0.4 is 18.9 Å². The number of benzene rings is 2. The predicted molar refractivity (Wildman–Crippen MR) is 96.4 cm³/mol. The molecule has 0 atom stereocenters. The van der Waals surface area contributed by atoms with Gasteiger partial charge in [0.1, 0.15) is 5.75 Å². The summed E-state index contributed by atoms with van der Waals surface area (Å²) in [5, 5.41) is 0.353. The van der Waals surface area contributed by atoms with Gasteiger partial charge in [-0.05, 0) is 36.2 Å². The SMILES string of the molecule is COc1cc(S(=O)(=O)NCCc2ccc(OC)c(OC)c2)ccc1Cl. The molecule has 0 aromatic heterocycles. The van der Waals surface area contributed by atoms with Crippen LogP contribution in [0.1, 0.15) is 5.56 Å². The summed E-state index contributed by atoms with van der Waals surface area (Å²) < 4.78 is 42.8. The van der Waals surface area contributed by atoms with Crippen LogP contribution in [0.2, 0.25) is 5.02 Å². The highest BCUT2D eigenvalue weighted by Gasteiger charge is 2.16. The molecule has 2 aromatic rings. The Balaban J connectivity index is 2.05. The van der Waals surface area contributed by atoms with Gasteiger partial charge in [-0.3, -0.25) is 0 Å². The number of halogens is 1. The van der Waals surface area contributed by atoms with E-state index in [1.54, 1.807) is 20.3 Å². The normalized spacial score (nSPS) is 11.2. The van der Waals surface area contributed by atoms with Crippen molar-refractivity contribution in [1.29, 1.82) is 0 Å². The van der Waals surface area contributed by atoms with Crippen LogP contribution in [0.25, 0.3) is 0 Å². The molecule has 0 amide bonds. The molecule has 0 saturated carbocycles. The number of nitrogens with one attached hydrogen (secondary N) is 1. The number of hydrogen-bond acceptors (Lipinski definition) is 5. The van der Waals surface area contributed by atoms with E-state index in [1.165, 1.54) is 25.3 Å². The zero-order valence-electron chi connectivity index (χ0n) is 14.2. The van der Waals surface area contributed by atoms with E-state index >= 15 is 0 Å². The van der Waals surface area contributed by atoms with Gasteiger partial charge in [0, 0.05) is 12.6 Å². The summed E-state index contributed by atoms with van der Waals surface area (Å²) in [7, 11) is 0.895. The van der Waals surface area contributed by atoms with Crippen LogP contribution in [0.4, 0.5) is 0 Å². The molecule has 2 aromatic carbocycles. The van der Waals surface area contributed by atoms with Gasteiger partial charge < -0.3 is 14.2 Å². The second-order valence-corrected chi connectivity index (χ2v) is 7.31. The van der Waals surface area contributed by atoms with Gasteiger partial charge in [-0.1, -0.05) is 17.7 Å². The van der Waals surface area contributed by atoms with Crippen molar-refractivity contribution < 1.29 is 22.6 Å². The molecule has 0 aliphatic rings. The molecule has 6 nitrogen and oxygen atoms in total. The quantitative estimate of drug-likeness (QED) is 0.756. The Hall–Kier alpha value is -1.96. The lowest BCUT2D eigenvalue weighted by molar-refractivity contribution is 0.354. The topological polar surface area (TPSA) is 73.9 Å². The molecule has 0 fully saturated rings. The van der Waals surface area contributed by atoms with Crippen LogP contribution in [-0.2, 0) is 16.4 Å². The monoisotopic (exact) mass is 385 g/mol. The molecule has 0 aliphatic carbocycles. The third kappa shape index (κ3) is 4.78. The fourth-order valence-electron chi connectivity index (χ4n) is 2.26. The third-order valence-electron chi connectivity index (χ3n) is 3.59. The van der Waals surface area contributed by atoms with E-state index in [2.05, 4.69) is 4.72 Å². The first-order valence-electron chi connectivity index (χ1n) is 7.45. The minimum absolute atomic E-state index is 0.0982. The molecule has 25 heavy (non-hydrogen) atoms. The highest BCUT2D eigenvalue weighted by Crippen LogP contribution is 2.28. The summed E-state index contributed by atoms with van der Waals surface area (Å²) in [6, 6.07) is 9.78. The summed E-state index contributed by atoms with van der Waals surface area (Å²) in [6.45, 7) is 0.239. The van der Waals surface area contributed by atoms with Crippen molar-refractivity contribution in [3.63, 3.8) is 0 Å². The Kier molecular flexibility index (Phi) is 6.52. The smallest absolute Gasteiger partial charge is 0.240 e. The summed E-state index contributed by atoms with van der Waals surface area (Å²) in [6.07, 6.45) is 0.504. The second kappa shape index (κ2) is 8.42. The van der Waals surface area contributed by atoms with Gasteiger partial charge in [-0.15, -0.1) is 0 Å². The number of ether oxygens (including phenoxy) is 3. The molecule has 2 rings (SSSR count). The predicted octanol–water partition coefficient (Wildman–Crippen LogP) is 2.89. The van der Waals surface area contributed by atoms with E-state index in [4.69, 9.17) is 25.8 Å². The first-order valence-corrected chi connectivity index (χ1v) is 9.31. The van der Waals surface area contributed by atoms with Gasteiger partial charge in [-0.2, -0.15) is 0 Å². The average Bonchev–Trinajstić information content (AvgIpc) is 2.61. The Morgan fingerprint density at radius 3 is 2.24 bits per heavy atom. The standard InChI is InChI=1S/C17H20ClNO5S/c1-22-15-7-4-12(10-17(15)24-3)8-9-19-25(20,21)13-5-6-14(18)16(11-13)23-2/h4-7,10-11,19H,8-9H2,1-3H3. The lowest BCUT2D eigenvalue weighted by Crippen LogP contribution is -2.26. The van der Waals surface area contributed by atoms with E-state index in [9.17, 15) is 8.42 Å². The first-order chi connectivity index (χ1) is 11.9. The van der Waals surface area contributed by atoms with Gasteiger partial charge in [0.15, 0.2) is 11.5 Å². The van der Waals surface area contributed by atoms with Crippen LogP contribution in [0.5, 0.6) is 17.2 Å². The van der Waals surface area contributed by atoms with Crippen LogP contribution >= 0.6 is 11.6 Å². The number of rotatable bonds is 8. The number of methoxy groups -OCH3 is 3. The molecule has 0 heterocycles. The average molecular weight is 386 g/mol. The lowest BCUT2D eigenvalue weighted by atomic mass is 10.1. The van der Waals surface area contributed by atoms with Crippen molar-refractivity contribution in [3.05, 3.63) is 47.0 Å². The van der Waals surface area contributed by atoms with Crippen LogP contribution in [-0.4, -0.2) is 36.3 Å². The molecule has 0 radical (unpaired) electrons. The van der Waals surface area contributed by atoms with Crippen LogP contribution in [0.15, 0.2) is 41.3 Å². The Bertz CT molecular complexity index is 839. The first kappa shape index (κ1) is 19.4. The molecule has 1 N–H and O–H groups in total. The van der Waals surface area contributed by atoms with E-state index in [0.29, 0.717) is 28.7 Å². The fourth-order valence-corrected chi connectivity index (χ4v) is 3.50. The lowest BCUT2D eigenvalue weighted by Gasteiger charge is -2.11. The maximum absolute atomic E-state index is 12.4. The summed E-state index contributed by atoms with van der Waals surface area (Å²) in [4.78, 5) is 0.0982. The summed E-state index contributed by atoms with van der Waals surface area (Å²) in [5.74, 6) is 1.54.